The first-order chi connectivity index (χ1) is 7.87. The molecule has 0 heterocycles. The maximum atomic E-state index is 12.1. The summed E-state index contributed by atoms with van der Waals surface area (Å²) >= 11 is 0. The molecule has 17 heavy (non-hydrogen) atoms. The SMILES string of the molecule is CC1(C)C(C(=O)NCc2ccccc2)C1(C)C. The monoisotopic (exact) mass is 231 g/mol. The zero-order chi connectivity index (χ0) is 12.7. The van der Waals surface area contributed by atoms with Crippen LogP contribution in [-0.4, -0.2) is 5.91 Å². The Bertz CT molecular complexity index is 406. The Kier molecular flexibility index (Phi) is 2.76. The fourth-order valence-electron chi connectivity index (χ4n) is 2.74. The summed E-state index contributed by atoms with van der Waals surface area (Å²) in [6, 6.07) is 10.0. The van der Waals surface area contributed by atoms with Crippen molar-refractivity contribution in [1.82, 2.24) is 5.32 Å². The Labute approximate surface area is 103 Å². The molecular weight excluding hydrogens is 210 g/mol. The Balaban J connectivity index is 1.92. The molecule has 1 aliphatic rings. The molecule has 92 valence electrons. The second-order valence-electron chi connectivity index (χ2n) is 6.08. The molecule has 2 nitrogen and oxygen atoms in total. The summed E-state index contributed by atoms with van der Waals surface area (Å²) in [5.41, 5.74) is 1.39. The Morgan fingerprint density at radius 3 is 2.12 bits per heavy atom. The normalized spacial score (nSPS) is 20.9. The summed E-state index contributed by atoms with van der Waals surface area (Å²) in [4.78, 5) is 12.1. The fourth-order valence-corrected chi connectivity index (χ4v) is 2.74. The van der Waals surface area contributed by atoms with E-state index in [2.05, 4.69) is 33.0 Å². The molecule has 0 aliphatic heterocycles. The maximum absolute atomic E-state index is 12.1. The van der Waals surface area contributed by atoms with Crippen molar-refractivity contribution in [2.45, 2.75) is 34.2 Å². The first-order valence-corrected chi connectivity index (χ1v) is 6.19. The largest absolute Gasteiger partial charge is 0.352 e. The molecule has 0 saturated heterocycles. The van der Waals surface area contributed by atoms with Crippen LogP contribution >= 0.6 is 0 Å². The molecule has 1 saturated carbocycles. The number of hydrogen-bond acceptors (Lipinski definition) is 1. The molecule has 0 aromatic heterocycles. The number of hydrogen-bond donors (Lipinski definition) is 1. The molecule has 1 aromatic carbocycles. The van der Waals surface area contributed by atoms with Crippen molar-refractivity contribution in [3.8, 4) is 0 Å². The van der Waals surface area contributed by atoms with Crippen LogP contribution in [0.1, 0.15) is 33.3 Å². The number of nitrogens with one attached hydrogen (secondary N) is 1. The zero-order valence-corrected chi connectivity index (χ0v) is 11.1. The lowest BCUT2D eigenvalue weighted by Gasteiger charge is -2.06. The minimum atomic E-state index is 0.119. The minimum absolute atomic E-state index is 0.119. The highest BCUT2D eigenvalue weighted by Crippen LogP contribution is 2.68. The van der Waals surface area contributed by atoms with Crippen molar-refractivity contribution in [3.05, 3.63) is 35.9 Å². The van der Waals surface area contributed by atoms with Gasteiger partial charge >= 0.3 is 0 Å². The van der Waals surface area contributed by atoms with Gasteiger partial charge in [-0.15, -0.1) is 0 Å². The van der Waals surface area contributed by atoms with E-state index in [0.29, 0.717) is 6.54 Å². The molecule has 0 unspecified atom stereocenters. The summed E-state index contributed by atoms with van der Waals surface area (Å²) in [7, 11) is 0. The van der Waals surface area contributed by atoms with Gasteiger partial charge in [0.1, 0.15) is 0 Å². The topological polar surface area (TPSA) is 29.1 Å². The first kappa shape index (κ1) is 12.2. The molecule has 2 rings (SSSR count). The quantitative estimate of drug-likeness (QED) is 0.851. The van der Waals surface area contributed by atoms with E-state index in [0.717, 1.165) is 5.56 Å². The van der Waals surface area contributed by atoms with Crippen molar-refractivity contribution in [1.29, 1.82) is 0 Å². The number of benzene rings is 1. The molecule has 0 bridgehead atoms. The lowest BCUT2D eigenvalue weighted by atomic mass is 10.0. The molecule has 1 aliphatic carbocycles. The highest BCUT2D eigenvalue weighted by atomic mass is 16.2. The van der Waals surface area contributed by atoms with Crippen LogP contribution in [0.25, 0.3) is 0 Å². The van der Waals surface area contributed by atoms with Crippen LogP contribution in [0, 0.1) is 16.7 Å². The molecule has 1 aromatic rings. The fraction of sp³-hybridized carbons (Fsp3) is 0.533. The highest BCUT2D eigenvalue weighted by molar-refractivity contribution is 5.84. The van der Waals surface area contributed by atoms with Crippen LogP contribution in [-0.2, 0) is 11.3 Å². The third-order valence-corrected chi connectivity index (χ3v) is 4.59. The van der Waals surface area contributed by atoms with E-state index in [1.165, 1.54) is 0 Å². The van der Waals surface area contributed by atoms with E-state index in [-0.39, 0.29) is 22.7 Å². The van der Waals surface area contributed by atoms with Gasteiger partial charge in [0.2, 0.25) is 5.91 Å². The molecular formula is C15H21NO. The Hall–Kier alpha value is -1.31. The lowest BCUT2D eigenvalue weighted by Crippen LogP contribution is -2.26. The van der Waals surface area contributed by atoms with Crippen LogP contribution in [0.3, 0.4) is 0 Å². The zero-order valence-electron chi connectivity index (χ0n) is 11.1. The smallest absolute Gasteiger partial charge is 0.224 e. The average molecular weight is 231 g/mol. The number of carbonyl (C=O) groups excluding carboxylic acids is 1. The van der Waals surface area contributed by atoms with Gasteiger partial charge in [0.25, 0.3) is 0 Å². The molecule has 1 N–H and O–H groups in total. The lowest BCUT2D eigenvalue weighted by molar-refractivity contribution is -0.123. The predicted molar refractivity (Wildman–Crippen MR) is 69.3 cm³/mol. The molecule has 1 amide bonds. The molecule has 0 spiro atoms. The molecule has 0 atom stereocenters. The highest BCUT2D eigenvalue weighted by Gasteiger charge is 2.68. The summed E-state index contributed by atoms with van der Waals surface area (Å²) < 4.78 is 0. The van der Waals surface area contributed by atoms with Crippen molar-refractivity contribution in [2.75, 3.05) is 0 Å². The standard InChI is InChI=1S/C15H21NO/c1-14(2)12(15(14,3)4)13(17)16-10-11-8-6-5-7-9-11/h5-9,12H,10H2,1-4H3,(H,16,17). The summed E-state index contributed by atoms with van der Waals surface area (Å²) in [5.74, 6) is 0.322. The predicted octanol–water partition coefficient (Wildman–Crippen LogP) is 2.99. The third-order valence-electron chi connectivity index (χ3n) is 4.59. The van der Waals surface area contributed by atoms with Crippen molar-refractivity contribution < 1.29 is 4.79 Å². The van der Waals surface area contributed by atoms with Gasteiger partial charge in [-0.25, -0.2) is 0 Å². The van der Waals surface area contributed by atoms with Gasteiger partial charge < -0.3 is 5.32 Å². The van der Waals surface area contributed by atoms with Gasteiger partial charge in [0.05, 0.1) is 0 Å². The van der Waals surface area contributed by atoms with E-state index in [4.69, 9.17) is 0 Å². The first-order valence-electron chi connectivity index (χ1n) is 6.19. The summed E-state index contributed by atoms with van der Waals surface area (Å²) in [6.07, 6.45) is 0. The van der Waals surface area contributed by atoms with Crippen LogP contribution < -0.4 is 5.32 Å². The van der Waals surface area contributed by atoms with E-state index < -0.39 is 0 Å². The van der Waals surface area contributed by atoms with E-state index in [1.807, 2.05) is 30.3 Å². The second-order valence-corrected chi connectivity index (χ2v) is 6.08. The Morgan fingerprint density at radius 1 is 1.12 bits per heavy atom. The summed E-state index contributed by atoms with van der Waals surface area (Å²) in [5, 5.41) is 3.03. The number of amides is 1. The number of rotatable bonds is 3. The molecule has 2 heteroatoms. The van der Waals surface area contributed by atoms with Crippen LogP contribution in [0.2, 0.25) is 0 Å². The van der Waals surface area contributed by atoms with Crippen molar-refractivity contribution in [2.24, 2.45) is 16.7 Å². The van der Waals surface area contributed by atoms with Gasteiger partial charge in [-0.3, -0.25) is 4.79 Å². The molecule has 0 radical (unpaired) electrons. The van der Waals surface area contributed by atoms with Crippen LogP contribution in [0.15, 0.2) is 30.3 Å². The van der Waals surface area contributed by atoms with Crippen LogP contribution in [0.5, 0.6) is 0 Å². The second kappa shape index (κ2) is 3.86. The molecule has 1 fully saturated rings. The van der Waals surface area contributed by atoms with Crippen molar-refractivity contribution >= 4 is 5.91 Å². The van der Waals surface area contributed by atoms with E-state index in [9.17, 15) is 4.79 Å². The minimum Gasteiger partial charge on any atom is -0.352 e. The third kappa shape index (κ3) is 1.97. The van der Waals surface area contributed by atoms with E-state index in [1.54, 1.807) is 0 Å². The van der Waals surface area contributed by atoms with Crippen molar-refractivity contribution in [3.63, 3.8) is 0 Å². The summed E-state index contributed by atoms with van der Waals surface area (Å²) in [6.45, 7) is 9.29. The van der Waals surface area contributed by atoms with Gasteiger partial charge in [-0.1, -0.05) is 58.0 Å². The average Bonchev–Trinajstić information content (AvgIpc) is 2.68. The number of carbonyl (C=O) groups is 1. The van der Waals surface area contributed by atoms with Gasteiger partial charge in [-0.2, -0.15) is 0 Å². The van der Waals surface area contributed by atoms with Gasteiger partial charge in [0.15, 0.2) is 0 Å². The van der Waals surface area contributed by atoms with Gasteiger partial charge in [-0.05, 0) is 16.4 Å². The maximum Gasteiger partial charge on any atom is 0.224 e. The van der Waals surface area contributed by atoms with Crippen LogP contribution in [0.4, 0.5) is 0 Å². The van der Waals surface area contributed by atoms with E-state index >= 15 is 0 Å². The van der Waals surface area contributed by atoms with Gasteiger partial charge in [0, 0.05) is 12.5 Å². The Morgan fingerprint density at radius 2 is 1.65 bits per heavy atom.